The number of nitrogens with one attached hydrogen (secondary N) is 1. The number of likely N-dealkylation sites (N-methyl/N-ethyl adjacent to an activating group) is 1. The second-order valence-corrected chi connectivity index (χ2v) is 11.3. The van der Waals surface area contributed by atoms with Crippen molar-refractivity contribution in [1.82, 2.24) is 10.2 Å². The summed E-state index contributed by atoms with van der Waals surface area (Å²) in [6.07, 6.45) is 1.38. The van der Waals surface area contributed by atoms with Gasteiger partial charge in [-0.3, -0.25) is 13.9 Å². The van der Waals surface area contributed by atoms with Crippen LogP contribution >= 0.6 is 0 Å². The van der Waals surface area contributed by atoms with Gasteiger partial charge in [0.1, 0.15) is 12.6 Å². The second kappa shape index (κ2) is 12.6. The molecule has 0 saturated heterocycles. The summed E-state index contributed by atoms with van der Waals surface area (Å²) in [4.78, 5) is 29.0. The molecule has 0 saturated carbocycles. The van der Waals surface area contributed by atoms with Crippen molar-refractivity contribution >= 4 is 38.3 Å². The number of sulfonamides is 1. The van der Waals surface area contributed by atoms with E-state index in [2.05, 4.69) is 5.32 Å². The SMILES string of the molecule is CCNC(=O)[C@H](Cc1ccccc1)N(Cc1ccccc1)C(=O)CN(c1cccc2ccccc12)S(C)(=O)=O. The third-order valence-electron chi connectivity index (χ3n) is 6.53. The molecule has 1 atom stereocenters. The summed E-state index contributed by atoms with van der Waals surface area (Å²) in [6, 6.07) is 30.9. The molecule has 7 nitrogen and oxygen atoms in total. The average Bonchev–Trinajstić information content (AvgIpc) is 2.94. The summed E-state index contributed by atoms with van der Waals surface area (Å²) >= 11 is 0. The summed E-state index contributed by atoms with van der Waals surface area (Å²) in [5, 5.41) is 4.44. The van der Waals surface area contributed by atoms with Gasteiger partial charge in [-0.1, -0.05) is 97.1 Å². The highest BCUT2D eigenvalue weighted by Crippen LogP contribution is 2.29. The predicted molar refractivity (Wildman–Crippen MR) is 156 cm³/mol. The molecule has 0 spiro atoms. The van der Waals surface area contributed by atoms with Crippen molar-refractivity contribution in [2.75, 3.05) is 23.7 Å². The van der Waals surface area contributed by atoms with Crippen LogP contribution in [-0.4, -0.2) is 50.5 Å². The van der Waals surface area contributed by atoms with Crippen LogP contribution in [0.4, 0.5) is 5.69 Å². The maximum atomic E-state index is 14.1. The molecule has 0 aliphatic heterocycles. The maximum Gasteiger partial charge on any atom is 0.244 e. The van der Waals surface area contributed by atoms with Crippen molar-refractivity contribution in [3.8, 4) is 0 Å². The van der Waals surface area contributed by atoms with Gasteiger partial charge in [0.2, 0.25) is 21.8 Å². The Balaban J connectivity index is 1.76. The Morgan fingerprint density at radius 3 is 2.03 bits per heavy atom. The molecule has 0 fully saturated rings. The molecule has 202 valence electrons. The standard InChI is InChI=1S/C31H33N3O4S/c1-3-32-31(36)29(21-24-13-6-4-7-14-24)33(22-25-15-8-5-9-16-25)30(35)23-34(39(2,37)38)28-20-12-18-26-17-10-11-19-27(26)28/h4-20,29H,3,21-23H2,1-2H3,(H,32,36)/t29-/m0/s1. The van der Waals surface area contributed by atoms with Gasteiger partial charge in [0.25, 0.3) is 0 Å². The molecular formula is C31H33N3O4S. The minimum Gasteiger partial charge on any atom is -0.355 e. The lowest BCUT2D eigenvalue weighted by Gasteiger charge is -2.33. The van der Waals surface area contributed by atoms with Crippen LogP contribution < -0.4 is 9.62 Å². The second-order valence-electron chi connectivity index (χ2n) is 9.38. The topological polar surface area (TPSA) is 86.8 Å². The van der Waals surface area contributed by atoms with Crippen molar-refractivity contribution in [3.05, 3.63) is 114 Å². The van der Waals surface area contributed by atoms with Crippen LogP contribution in [0.5, 0.6) is 0 Å². The maximum absolute atomic E-state index is 14.1. The van der Waals surface area contributed by atoms with Gasteiger partial charge in [-0.05, 0) is 29.5 Å². The lowest BCUT2D eigenvalue weighted by Crippen LogP contribution is -2.53. The van der Waals surface area contributed by atoms with E-state index in [1.54, 1.807) is 12.1 Å². The van der Waals surface area contributed by atoms with Gasteiger partial charge in [-0.2, -0.15) is 0 Å². The van der Waals surface area contributed by atoms with Gasteiger partial charge in [0.05, 0.1) is 11.9 Å². The number of amides is 2. The van der Waals surface area contributed by atoms with E-state index >= 15 is 0 Å². The number of carbonyl (C=O) groups is 2. The van der Waals surface area contributed by atoms with E-state index in [0.29, 0.717) is 18.7 Å². The fourth-order valence-electron chi connectivity index (χ4n) is 4.65. The number of nitrogens with zero attached hydrogens (tertiary/aromatic N) is 2. The molecule has 0 aliphatic carbocycles. The van der Waals surface area contributed by atoms with Crippen LogP contribution in [0.15, 0.2) is 103 Å². The predicted octanol–water partition coefficient (Wildman–Crippen LogP) is 4.38. The van der Waals surface area contributed by atoms with Crippen LogP contribution in [0, 0.1) is 0 Å². The third-order valence-corrected chi connectivity index (χ3v) is 7.66. The first kappa shape index (κ1) is 27.9. The summed E-state index contributed by atoms with van der Waals surface area (Å²) in [5.74, 6) is -0.758. The number of hydrogen-bond acceptors (Lipinski definition) is 4. The van der Waals surface area contributed by atoms with Crippen molar-refractivity contribution in [2.45, 2.75) is 25.9 Å². The fraction of sp³-hybridized carbons (Fsp3) is 0.226. The van der Waals surface area contributed by atoms with Gasteiger partial charge < -0.3 is 10.2 Å². The Morgan fingerprint density at radius 2 is 1.38 bits per heavy atom. The highest BCUT2D eigenvalue weighted by molar-refractivity contribution is 7.92. The third kappa shape index (κ3) is 7.03. The molecule has 2 amide bonds. The molecule has 4 rings (SSSR count). The molecule has 4 aromatic carbocycles. The van der Waals surface area contributed by atoms with Crippen LogP contribution in [0.2, 0.25) is 0 Å². The number of hydrogen-bond donors (Lipinski definition) is 1. The average molecular weight is 544 g/mol. The highest BCUT2D eigenvalue weighted by Gasteiger charge is 2.33. The molecule has 0 unspecified atom stereocenters. The lowest BCUT2D eigenvalue weighted by atomic mass is 10.0. The van der Waals surface area contributed by atoms with Gasteiger partial charge in [0.15, 0.2) is 0 Å². The van der Waals surface area contributed by atoms with Crippen LogP contribution in [-0.2, 0) is 32.6 Å². The molecule has 0 aliphatic rings. The van der Waals surface area contributed by atoms with Crippen molar-refractivity contribution in [3.63, 3.8) is 0 Å². The smallest absolute Gasteiger partial charge is 0.244 e. The zero-order valence-corrected chi connectivity index (χ0v) is 23.0. The van der Waals surface area contributed by atoms with E-state index in [9.17, 15) is 18.0 Å². The highest BCUT2D eigenvalue weighted by atomic mass is 32.2. The Kier molecular flexibility index (Phi) is 8.99. The summed E-state index contributed by atoms with van der Waals surface area (Å²) in [5.41, 5.74) is 2.15. The number of carbonyl (C=O) groups excluding carboxylic acids is 2. The zero-order valence-electron chi connectivity index (χ0n) is 22.2. The molecule has 4 aromatic rings. The number of anilines is 1. The van der Waals surface area contributed by atoms with Crippen LogP contribution in [0.1, 0.15) is 18.1 Å². The first-order valence-corrected chi connectivity index (χ1v) is 14.7. The first-order chi connectivity index (χ1) is 18.8. The normalized spacial score (nSPS) is 12.1. The van der Waals surface area contributed by atoms with E-state index in [1.807, 2.05) is 97.9 Å². The minimum atomic E-state index is -3.84. The molecule has 0 heterocycles. The first-order valence-electron chi connectivity index (χ1n) is 12.9. The molecular weight excluding hydrogens is 510 g/mol. The van der Waals surface area contributed by atoms with E-state index in [4.69, 9.17) is 0 Å². The molecule has 8 heteroatoms. The Hall–Kier alpha value is -4.17. The van der Waals surface area contributed by atoms with E-state index in [0.717, 1.165) is 32.5 Å². The molecule has 39 heavy (non-hydrogen) atoms. The van der Waals surface area contributed by atoms with Gasteiger partial charge in [0, 0.05) is 24.9 Å². The van der Waals surface area contributed by atoms with Gasteiger partial charge >= 0.3 is 0 Å². The van der Waals surface area contributed by atoms with E-state index < -0.39 is 28.5 Å². The van der Waals surface area contributed by atoms with Crippen molar-refractivity contribution in [1.29, 1.82) is 0 Å². The molecule has 1 N–H and O–H groups in total. The van der Waals surface area contributed by atoms with E-state index in [-0.39, 0.29) is 12.5 Å². The number of rotatable bonds is 11. The largest absolute Gasteiger partial charge is 0.355 e. The van der Waals surface area contributed by atoms with Crippen molar-refractivity contribution < 1.29 is 18.0 Å². The Labute approximate surface area is 230 Å². The van der Waals surface area contributed by atoms with Crippen LogP contribution in [0.25, 0.3) is 10.8 Å². The summed E-state index contributed by atoms with van der Waals surface area (Å²) in [7, 11) is -3.84. The molecule has 0 radical (unpaired) electrons. The molecule has 0 bridgehead atoms. The summed E-state index contributed by atoms with van der Waals surface area (Å²) in [6.45, 7) is 1.95. The van der Waals surface area contributed by atoms with Gasteiger partial charge in [-0.15, -0.1) is 0 Å². The van der Waals surface area contributed by atoms with E-state index in [1.165, 1.54) is 4.90 Å². The zero-order chi connectivity index (χ0) is 27.8. The number of fused-ring (bicyclic) bond motifs is 1. The monoisotopic (exact) mass is 543 g/mol. The minimum absolute atomic E-state index is 0.154. The number of benzene rings is 4. The lowest BCUT2D eigenvalue weighted by molar-refractivity contribution is -0.140. The molecule has 0 aromatic heterocycles. The van der Waals surface area contributed by atoms with Crippen molar-refractivity contribution in [2.24, 2.45) is 0 Å². The Bertz CT molecular complexity index is 1520. The van der Waals surface area contributed by atoms with Gasteiger partial charge in [-0.25, -0.2) is 8.42 Å². The fourth-order valence-corrected chi connectivity index (χ4v) is 5.51. The Morgan fingerprint density at radius 1 is 0.795 bits per heavy atom. The quantitative estimate of drug-likeness (QED) is 0.304. The summed E-state index contributed by atoms with van der Waals surface area (Å²) < 4.78 is 27.3. The van der Waals surface area contributed by atoms with Crippen LogP contribution in [0.3, 0.4) is 0 Å².